The lowest BCUT2D eigenvalue weighted by molar-refractivity contribution is -0.0449. The average molecular weight is 325 g/mol. The van der Waals surface area contributed by atoms with Crippen LogP contribution in [-0.4, -0.2) is 18.2 Å². The van der Waals surface area contributed by atoms with Gasteiger partial charge in [-0.2, -0.15) is 0 Å². The van der Waals surface area contributed by atoms with Gasteiger partial charge in [0.2, 0.25) is 0 Å². The molecule has 4 rings (SSSR count). The lowest BCUT2D eigenvalue weighted by atomic mass is 9.84. The Bertz CT molecular complexity index is 874. The molecule has 0 radical (unpaired) electrons. The van der Waals surface area contributed by atoms with Gasteiger partial charge in [-0.05, 0) is 42.3 Å². The summed E-state index contributed by atoms with van der Waals surface area (Å²) in [5, 5.41) is 5.57. The van der Waals surface area contributed by atoms with Crippen molar-refractivity contribution >= 4 is 28.2 Å². The maximum absolute atomic E-state index is 6.30. The standard InChI is InChI=1S/C19H17ClN2O/c1-13-16(5-2-6-17(13)20)19(11-23-12-19)22-15-8-7-14-4-3-9-21-18(14)10-15/h2-10,22H,11-12H2,1H3. The van der Waals surface area contributed by atoms with Gasteiger partial charge in [0.25, 0.3) is 0 Å². The Labute approximate surface area is 140 Å². The van der Waals surface area contributed by atoms with Crippen molar-refractivity contribution in [3.63, 3.8) is 0 Å². The normalized spacial score (nSPS) is 16.1. The molecule has 1 aliphatic rings. The Morgan fingerprint density at radius 2 is 2.00 bits per heavy atom. The molecule has 2 aromatic carbocycles. The first-order valence-corrected chi connectivity index (χ1v) is 8.02. The molecule has 3 nitrogen and oxygen atoms in total. The summed E-state index contributed by atoms with van der Waals surface area (Å²) < 4.78 is 5.53. The molecule has 3 aromatic rings. The highest BCUT2D eigenvalue weighted by atomic mass is 35.5. The van der Waals surface area contributed by atoms with Crippen molar-refractivity contribution in [2.45, 2.75) is 12.5 Å². The van der Waals surface area contributed by atoms with Gasteiger partial charge in [-0.25, -0.2) is 0 Å². The minimum Gasteiger partial charge on any atom is -0.376 e. The number of rotatable bonds is 3. The fourth-order valence-electron chi connectivity index (χ4n) is 3.15. The predicted molar refractivity (Wildman–Crippen MR) is 94.1 cm³/mol. The minimum absolute atomic E-state index is 0.225. The van der Waals surface area contributed by atoms with Crippen LogP contribution >= 0.6 is 11.6 Å². The van der Waals surface area contributed by atoms with E-state index in [9.17, 15) is 0 Å². The Morgan fingerprint density at radius 1 is 1.13 bits per heavy atom. The van der Waals surface area contributed by atoms with Gasteiger partial charge in [0.1, 0.15) is 5.54 Å². The van der Waals surface area contributed by atoms with Crippen LogP contribution in [-0.2, 0) is 10.3 Å². The van der Waals surface area contributed by atoms with E-state index in [1.54, 1.807) is 0 Å². The van der Waals surface area contributed by atoms with E-state index in [1.807, 2.05) is 24.4 Å². The number of benzene rings is 2. The monoisotopic (exact) mass is 324 g/mol. The SMILES string of the molecule is Cc1c(Cl)cccc1C1(Nc2ccc3cccnc3c2)COC1. The third kappa shape index (κ3) is 2.46. The van der Waals surface area contributed by atoms with E-state index >= 15 is 0 Å². The second-order valence-corrected chi connectivity index (χ2v) is 6.43. The third-order valence-corrected chi connectivity index (χ3v) is 4.88. The molecule has 0 amide bonds. The number of pyridine rings is 1. The zero-order valence-corrected chi connectivity index (χ0v) is 13.6. The number of anilines is 1. The van der Waals surface area contributed by atoms with Gasteiger partial charge in [0, 0.05) is 22.3 Å². The number of hydrogen-bond acceptors (Lipinski definition) is 3. The quantitative estimate of drug-likeness (QED) is 0.768. The first-order valence-electron chi connectivity index (χ1n) is 7.64. The van der Waals surface area contributed by atoms with E-state index in [2.05, 4.69) is 47.6 Å². The molecule has 0 aliphatic carbocycles. The summed E-state index contributed by atoms with van der Waals surface area (Å²) in [5.41, 5.74) is 4.09. The van der Waals surface area contributed by atoms with Crippen LogP contribution < -0.4 is 5.32 Å². The van der Waals surface area contributed by atoms with Crippen molar-refractivity contribution in [3.8, 4) is 0 Å². The summed E-state index contributed by atoms with van der Waals surface area (Å²) in [6, 6.07) is 16.3. The number of fused-ring (bicyclic) bond motifs is 1. The average Bonchev–Trinajstić information content (AvgIpc) is 2.54. The summed E-state index contributed by atoms with van der Waals surface area (Å²) in [6.45, 7) is 3.32. The molecule has 116 valence electrons. The highest BCUT2D eigenvalue weighted by Crippen LogP contribution is 2.37. The van der Waals surface area contributed by atoms with Crippen LogP contribution in [0, 0.1) is 6.92 Å². The second-order valence-electron chi connectivity index (χ2n) is 6.02. The summed E-state index contributed by atoms with van der Waals surface area (Å²) in [6.07, 6.45) is 1.81. The van der Waals surface area contributed by atoms with E-state index in [0.717, 1.165) is 27.2 Å². The van der Waals surface area contributed by atoms with Crippen LogP contribution in [0.2, 0.25) is 5.02 Å². The summed E-state index contributed by atoms with van der Waals surface area (Å²) in [5.74, 6) is 0. The van der Waals surface area contributed by atoms with E-state index < -0.39 is 0 Å². The van der Waals surface area contributed by atoms with Crippen molar-refractivity contribution in [1.82, 2.24) is 4.98 Å². The molecule has 0 saturated carbocycles. The lowest BCUT2D eigenvalue weighted by Crippen LogP contribution is -2.53. The number of nitrogens with one attached hydrogen (secondary N) is 1. The first-order chi connectivity index (χ1) is 11.2. The van der Waals surface area contributed by atoms with E-state index in [4.69, 9.17) is 16.3 Å². The number of halogens is 1. The van der Waals surface area contributed by atoms with Gasteiger partial charge in [-0.15, -0.1) is 0 Å². The minimum atomic E-state index is -0.225. The summed E-state index contributed by atoms with van der Waals surface area (Å²) >= 11 is 6.30. The largest absolute Gasteiger partial charge is 0.376 e. The molecule has 0 bridgehead atoms. The van der Waals surface area contributed by atoms with Gasteiger partial charge in [0.15, 0.2) is 0 Å². The molecule has 0 unspecified atom stereocenters. The predicted octanol–water partition coefficient (Wildman–Crippen LogP) is 4.53. The third-order valence-electron chi connectivity index (χ3n) is 4.47. The second kappa shape index (κ2) is 5.52. The molecule has 0 atom stereocenters. The molecule has 23 heavy (non-hydrogen) atoms. The van der Waals surface area contributed by atoms with Crippen LogP contribution in [0.25, 0.3) is 10.9 Å². The molecule has 1 N–H and O–H groups in total. The van der Waals surface area contributed by atoms with E-state index in [-0.39, 0.29) is 5.54 Å². The molecular weight excluding hydrogens is 308 g/mol. The van der Waals surface area contributed by atoms with E-state index in [0.29, 0.717) is 13.2 Å². The van der Waals surface area contributed by atoms with Crippen LogP contribution in [0.5, 0.6) is 0 Å². The van der Waals surface area contributed by atoms with Crippen molar-refractivity contribution in [2.24, 2.45) is 0 Å². The summed E-state index contributed by atoms with van der Waals surface area (Å²) in [4.78, 5) is 4.43. The molecule has 0 spiro atoms. The molecule has 1 saturated heterocycles. The fourth-order valence-corrected chi connectivity index (χ4v) is 3.32. The lowest BCUT2D eigenvalue weighted by Gasteiger charge is -2.44. The Hall–Kier alpha value is -2.10. The highest BCUT2D eigenvalue weighted by Gasteiger charge is 2.41. The fraction of sp³-hybridized carbons (Fsp3) is 0.211. The first kappa shape index (κ1) is 14.5. The van der Waals surface area contributed by atoms with Gasteiger partial charge < -0.3 is 10.1 Å². The molecule has 1 fully saturated rings. The van der Waals surface area contributed by atoms with Crippen LogP contribution in [0.15, 0.2) is 54.7 Å². The van der Waals surface area contributed by atoms with Crippen molar-refractivity contribution in [3.05, 3.63) is 70.9 Å². The molecule has 1 aliphatic heterocycles. The summed E-state index contributed by atoms with van der Waals surface area (Å²) in [7, 11) is 0. The zero-order valence-electron chi connectivity index (χ0n) is 12.8. The van der Waals surface area contributed by atoms with Crippen molar-refractivity contribution < 1.29 is 4.74 Å². The Kier molecular flexibility index (Phi) is 3.47. The number of ether oxygens (including phenoxy) is 1. The molecule has 1 aromatic heterocycles. The maximum Gasteiger partial charge on any atom is 0.110 e. The smallest absolute Gasteiger partial charge is 0.110 e. The number of hydrogen-bond donors (Lipinski definition) is 1. The van der Waals surface area contributed by atoms with E-state index in [1.165, 1.54) is 5.56 Å². The maximum atomic E-state index is 6.30. The van der Waals surface area contributed by atoms with Crippen LogP contribution in [0.4, 0.5) is 5.69 Å². The van der Waals surface area contributed by atoms with Crippen molar-refractivity contribution in [1.29, 1.82) is 0 Å². The molecule has 2 heterocycles. The van der Waals surface area contributed by atoms with Crippen molar-refractivity contribution in [2.75, 3.05) is 18.5 Å². The van der Waals surface area contributed by atoms with Gasteiger partial charge >= 0.3 is 0 Å². The van der Waals surface area contributed by atoms with Gasteiger partial charge in [-0.3, -0.25) is 4.98 Å². The Balaban J connectivity index is 1.73. The van der Waals surface area contributed by atoms with Gasteiger partial charge in [0.05, 0.1) is 18.7 Å². The van der Waals surface area contributed by atoms with Gasteiger partial charge in [-0.1, -0.05) is 35.9 Å². The number of nitrogens with zero attached hydrogens (tertiary/aromatic N) is 1. The highest BCUT2D eigenvalue weighted by molar-refractivity contribution is 6.31. The van der Waals surface area contributed by atoms with Crippen LogP contribution in [0.3, 0.4) is 0 Å². The molecule has 4 heteroatoms. The number of aromatic nitrogens is 1. The topological polar surface area (TPSA) is 34.2 Å². The Morgan fingerprint density at radius 3 is 2.78 bits per heavy atom. The van der Waals surface area contributed by atoms with Crippen LogP contribution in [0.1, 0.15) is 11.1 Å². The zero-order chi connectivity index (χ0) is 15.9. The molecular formula is C19H17ClN2O.